The number of aliphatic carboxylic acids is 2. The first-order valence-electron chi connectivity index (χ1n) is 13.9. The minimum atomic E-state index is -5.08. The Morgan fingerprint density at radius 1 is 0.791 bits per heavy atom. The number of amides is 1. The van der Waals surface area contributed by atoms with E-state index in [0.29, 0.717) is 19.5 Å². The summed E-state index contributed by atoms with van der Waals surface area (Å²) >= 11 is 0. The lowest BCUT2D eigenvalue weighted by Crippen LogP contribution is -2.43. The van der Waals surface area contributed by atoms with Crippen LogP contribution in [0.2, 0.25) is 0 Å². The van der Waals surface area contributed by atoms with Gasteiger partial charge in [0, 0.05) is 13.1 Å². The molecule has 14 heteroatoms. The molecule has 6 N–H and O–H groups in total. The third-order valence-corrected chi connectivity index (χ3v) is 6.11. The fourth-order valence-corrected chi connectivity index (χ4v) is 3.85. The fourth-order valence-electron chi connectivity index (χ4n) is 3.85. The number of hydrogen-bond donors (Lipinski definition) is 4. The third-order valence-electron chi connectivity index (χ3n) is 6.11. The summed E-state index contributed by atoms with van der Waals surface area (Å²) in [6.07, 6.45) is -0.354. The Morgan fingerprint density at radius 2 is 1.30 bits per heavy atom. The molecule has 2 rings (SSSR count). The molecular formula is C29H41F6N3O5. The van der Waals surface area contributed by atoms with Gasteiger partial charge >= 0.3 is 24.3 Å². The molecule has 0 aromatic heterocycles. The van der Waals surface area contributed by atoms with Crippen LogP contribution in [0, 0.1) is 0 Å². The highest BCUT2D eigenvalue weighted by atomic mass is 19.4. The van der Waals surface area contributed by atoms with Crippen molar-refractivity contribution in [3.8, 4) is 0 Å². The van der Waals surface area contributed by atoms with Crippen LogP contribution in [0.25, 0.3) is 10.8 Å². The number of benzene rings is 2. The van der Waals surface area contributed by atoms with Gasteiger partial charge in [-0.1, -0.05) is 87.9 Å². The van der Waals surface area contributed by atoms with Crippen molar-refractivity contribution >= 4 is 28.6 Å². The van der Waals surface area contributed by atoms with Crippen LogP contribution in [0.1, 0.15) is 70.3 Å². The van der Waals surface area contributed by atoms with Gasteiger partial charge in [0.1, 0.15) is 0 Å². The maximum absolute atomic E-state index is 13.1. The van der Waals surface area contributed by atoms with Crippen LogP contribution in [0.3, 0.4) is 0 Å². The van der Waals surface area contributed by atoms with E-state index >= 15 is 0 Å². The van der Waals surface area contributed by atoms with Gasteiger partial charge in [-0.25, -0.2) is 9.59 Å². The number of carbonyl (C=O) groups excluding carboxylic acids is 1. The molecule has 2 aromatic carbocycles. The SMILES string of the molecule is CCCCCCCCN(Cc1cccc2ccccc12)C(=O)[C@@H](N)CCCCN.O=C(O)C(F)(F)F.O=C(O)C(F)(F)F. The topological polar surface area (TPSA) is 147 Å². The minimum Gasteiger partial charge on any atom is -0.475 e. The van der Waals surface area contributed by atoms with Gasteiger partial charge in [-0.2, -0.15) is 26.3 Å². The normalized spacial score (nSPS) is 11.9. The predicted octanol–water partition coefficient (Wildman–Crippen LogP) is 6.25. The van der Waals surface area contributed by atoms with Crippen LogP contribution in [-0.4, -0.2) is 64.4 Å². The van der Waals surface area contributed by atoms with Crippen molar-refractivity contribution in [1.29, 1.82) is 0 Å². The molecule has 0 unspecified atom stereocenters. The molecule has 43 heavy (non-hydrogen) atoms. The molecular weight excluding hydrogens is 584 g/mol. The summed E-state index contributed by atoms with van der Waals surface area (Å²) in [6.45, 7) is 4.29. The first-order valence-corrected chi connectivity index (χ1v) is 13.9. The number of carboxylic acid groups (broad SMARTS) is 2. The first-order chi connectivity index (χ1) is 20.1. The van der Waals surface area contributed by atoms with Crippen molar-refractivity contribution in [3.05, 3.63) is 48.0 Å². The summed E-state index contributed by atoms with van der Waals surface area (Å²) in [5, 5.41) is 16.7. The minimum absolute atomic E-state index is 0.0727. The van der Waals surface area contributed by atoms with Gasteiger partial charge in [0.05, 0.1) is 6.04 Å². The Labute approximate surface area is 247 Å². The van der Waals surface area contributed by atoms with Gasteiger partial charge in [-0.05, 0) is 42.1 Å². The summed E-state index contributed by atoms with van der Waals surface area (Å²) in [7, 11) is 0. The van der Waals surface area contributed by atoms with Crippen molar-refractivity contribution in [2.75, 3.05) is 13.1 Å². The predicted molar refractivity (Wildman–Crippen MR) is 151 cm³/mol. The molecule has 0 fully saturated rings. The monoisotopic (exact) mass is 625 g/mol. The maximum Gasteiger partial charge on any atom is 0.490 e. The van der Waals surface area contributed by atoms with E-state index < -0.39 is 30.3 Å². The molecule has 0 bridgehead atoms. The van der Waals surface area contributed by atoms with Crippen LogP contribution < -0.4 is 11.5 Å². The molecule has 0 radical (unpaired) electrons. The fraction of sp³-hybridized carbons (Fsp3) is 0.552. The second-order valence-corrected chi connectivity index (χ2v) is 9.66. The van der Waals surface area contributed by atoms with Crippen LogP contribution in [0.4, 0.5) is 26.3 Å². The van der Waals surface area contributed by atoms with Crippen LogP contribution in [0.5, 0.6) is 0 Å². The third kappa shape index (κ3) is 17.4. The molecule has 2 aromatic rings. The standard InChI is InChI=1S/C25H39N3O.2C2HF3O2/c1-2-3-4-5-6-11-19-28(25(29)24(27)17-9-10-18-26)20-22-15-12-14-21-13-7-8-16-23(21)22;2*3-2(4,5)1(6)7/h7-8,12-16,24H,2-6,9-11,17-20,26-27H2,1H3;2*(H,6,7)/t24-;;/m0../s1. The second kappa shape index (κ2) is 20.5. The highest BCUT2D eigenvalue weighted by Gasteiger charge is 2.38. The van der Waals surface area contributed by atoms with Crippen molar-refractivity contribution in [2.24, 2.45) is 11.5 Å². The molecule has 0 saturated heterocycles. The zero-order valence-electron chi connectivity index (χ0n) is 24.1. The molecule has 8 nitrogen and oxygen atoms in total. The van der Waals surface area contributed by atoms with Crippen molar-refractivity contribution in [2.45, 2.75) is 89.7 Å². The van der Waals surface area contributed by atoms with Crippen LogP contribution >= 0.6 is 0 Å². The quantitative estimate of drug-likeness (QED) is 0.143. The van der Waals surface area contributed by atoms with E-state index in [1.54, 1.807) is 0 Å². The maximum atomic E-state index is 13.1. The average Bonchev–Trinajstić information content (AvgIpc) is 2.93. The molecule has 244 valence electrons. The zero-order valence-corrected chi connectivity index (χ0v) is 24.1. The van der Waals surface area contributed by atoms with E-state index in [-0.39, 0.29) is 5.91 Å². The Balaban J connectivity index is 0.00000104. The lowest BCUT2D eigenvalue weighted by molar-refractivity contribution is -0.193. The summed E-state index contributed by atoms with van der Waals surface area (Å²) in [4.78, 5) is 32.9. The van der Waals surface area contributed by atoms with E-state index in [1.807, 2.05) is 4.90 Å². The van der Waals surface area contributed by atoms with Crippen molar-refractivity contribution in [3.63, 3.8) is 0 Å². The average molecular weight is 626 g/mol. The molecule has 0 heterocycles. The lowest BCUT2D eigenvalue weighted by atomic mass is 10.0. The number of nitrogens with two attached hydrogens (primary N) is 2. The van der Waals surface area contributed by atoms with E-state index in [9.17, 15) is 31.1 Å². The van der Waals surface area contributed by atoms with Gasteiger partial charge in [-0.3, -0.25) is 4.79 Å². The zero-order chi connectivity index (χ0) is 33.1. The van der Waals surface area contributed by atoms with Crippen molar-refractivity contribution in [1.82, 2.24) is 4.90 Å². The number of unbranched alkanes of at least 4 members (excludes halogenated alkanes) is 6. The van der Waals surface area contributed by atoms with Crippen molar-refractivity contribution < 1.29 is 50.9 Å². The number of halogens is 6. The van der Waals surface area contributed by atoms with Crippen LogP contribution in [0.15, 0.2) is 42.5 Å². The number of carboxylic acids is 2. The molecule has 1 amide bonds. The Morgan fingerprint density at radius 3 is 1.84 bits per heavy atom. The number of fused-ring (bicyclic) bond motifs is 1. The number of alkyl halides is 6. The Kier molecular flexibility index (Phi) is 18.9. The highest BCUT2D eigenvalue weighted by molar-refractivity contribution is 5.87. The van der Waals surface area contributed by atoms with E-state index in [4.69, 9.17) is 31.3 Å². The highest BCUT2D eigenvalue weighted by Crippen LogP contribution is 2.21. The summed E-state index contributed by atoms with van der Waals surface area (Å²) < 4.78 is 63.5. The second-order valence-electron chi connectivity index (χ2n) is 9.66. The van der Waals surface area contributed by atoms with Crippen LogP contribution in [-0.2, 0) is 20.9 Å². The molecule has 0 spiro atoms. The smallest absolute Gasteiger partial charge is 0.475 e. The summed E-state index contributed by atoms with van der Waals surface area (Å²) in [6, 6.07) is 14.3. The molecule has 0 saturated carbocycles. The van der Waals surface area contributed by atoms with Gasteiger partial charge in [0.2, 0.25) is 5.91 Å². The number of nitrogens with zero attached hydrogens (tertiary/aromatic N) is 1. The number of carbonyl (C=O) groups is 3. The van der Waals surface area contributed by atoms with Gasteiger partial charge < -0.3 is 26.6 Å². The Hall–Kier alpha value is -3.39. The van der Waals surface area contributed by atoms with E-state index in [0.717, 1.165) is 25.8 Å². The Bertz CT molecular complexity index is 1080. The lowest BCUT2D eigenvalue weighted by Gasteiger charge is -2.26. The largest absolute Gasteiger partial charge is 0.490 e. The van der Waals surface area contributed by atoms with Gasteiger partial charge in [0.15, 0.2) is 0 Å². The summed E-state index contributed by atoms with van der Waals surface area (Å²) in [5.41, 5.74) is 13.0. The first kappa shape index (κ1) is 39.6. The molecule has 0 aliphatic carbocycles. The van der Waals surface area contributed by atoms with E-state index in [1.165, 1.54) is 48.4 Å². The van der Waals surface area contributed by atoms with Gasteiger partial charge in [0.25, 0.3) is 0 Å². The molecule has 1 atom stereocenters. The summed E-state index contributed by atoms with van der Waals surface area (Å²) in [5.74, 6) is -5.44. The number of rotatable bonds is 14. The number of hydrogen-bond acceptors (Lipinski definition) is 5. The molecule has 0 aliphatic rings. The van der Waals surface area contributed by atoms with E-state index in [2.05, 4.69) is 49.4 Å². The molecule has 0 aliphatic heterocycles. The van der Waals surface area contributed by atoms with Gasteiger partial charge in [-0.15, -0.1) is 0 Å².